The van der Waals surface area contributed by atoms with E-state index in [9.17, 15) is 5.11 Å². The van der Waals surface area contributed by atoms with Crippen molar-refractivity contribution in [3.63, 3.8) is 0 Å². The fourth-order valence-corrected chi connectivity index (χ4v) is 3.04. The molecular weight excluding hydrogens is 254 g/mol. The van der Waals surface area contributed by atoms with Crippen molar-refractivity contribution in [3.8, 4) is 10.6 Å². The van der Waals surface area contributed by atoms with E-state index in [0.717, 1.165) is 21.1 Å². The Morgan fingerprint density at radius 3 is 2.16 bits per heavy atom. The smallest absolute Gasteiger partial charge is 0.123 e. The number of hydrogen-bond acceptors (Lipinski definition) is 3. The van der Waals surface area contributed by atoms with Gasteiger partial charge in [0.05, 0.1) is 11.8 Å². The van der Waals surface area contributed by atoms with Crippen molar-refractivity contribution < 1.29 is 5.11 Å². The zero-order valence-electron chi connectivity index (χ0n) is 12.2. The minimum Gasteiger partial charge on any atom is -0.387 e. The molecule has 0 saturated heterocycles. The molecule has 0 bridgehead atoms. The fraction of sp³-hybridized carbons (Fsp3) is 0.438. The first-order valence-electron chi connectivity index (χ1n) is 6.55. The molecule has 0 aliphatic heterocycles. The Labute approximate surface area is 119 Å². The second kappa shape index (κ2) is 5.06. The molecule has 2 rings (SSSR count). The average Bonchev–Trinajstić information content (AvgIpc) is 2.70. The van der Waals surface area contributed by atoms with Gasteiger partial charge < -0.3 is 5.11 Å². The molecule has 3 heteroatoms. The predicted octanol–water partition coefficient (Wildman–Crippen LogP) is 4.47. The zero-order valence-corrected chi connectivity index (χ0v) is 13.0. The van der Waals surface area contributed by atoms with Crippen LogP contribution in [0.2, 0.25) is 0 Å². The molecule has 1 N–H and O–H groups in total. The summed E-state index contributed by atoms with van der Waals surface area (Å²) in [4.78, 5) is 5.63. The van der Waals surface area contributed by atoms with Crippen LogP contribution >= 0.6 is 11.3 Å². The number of benzene rings is 1. The van der Waals surface area contributed by atoms with E-state index in [4.69, 9.17) is 0 Å². The molecule has 0 amide bonds. The number of thiazole rings is 1. The summed E-state index contributed by atoms with van der Waals surface area (Å²) in [6.45, 7) is 10.4. The number of nitrogens with zero attached hydrogens (tertiary/aromatic N) is 1. The van der Waals surface area contributed by atoms with Crippen LogP contribution in [0.5, 0.6) is 0 Å². The van der Waals surface area contributed by atoms with Gasteiger partial charge in [-0.1, -0.05) is 45.0 Å². The lowest BCUT2D eigenvalue weighted by Crippen LogP contribution is -2.10. The third-order valence-corrected chi connectivity index (χ3v) is 4.26. The maximum absolute atomic E-state index is 9.66. The van der Waals surface area contributed by atoms with Gasteiger partial charge in [0.15, 0.2) is 0 Å². The third-order valence-electron chi connectivity index (χ3n) is 3.23. The Hall–Kier alpha value is -1.19. The second-order valence-electron chi connectivity index (χ2n) is 5.96. The summed E-state index contributed by atoms with van der Waals surface area (Å²) in [5, 5.41) is 10.6. The third kappa shape index (κ3) is 3.04. The van der Waals surface area contributed by atoms with E-state index in [2.05, 4.69) is 50.0 Å². The van der Waals surface area contributed by atoms with Crippen LogP contribution in [0.15, 0.2) is 24.3 Å². The summed E-state index contributed by atoms with van der Waals surface area (Å²) in [6.07, 6.45) is -0.501. The fourth-order valence-electron chi connectivity index (χ4n) is 2.03. The van der Waals surface area contributed by atoms with Gasteiger partial charge in [-0.15, -0.1) is 11.3 Å². The Bertz CT molecular complexity index is 561. The predicted molar refractivity (Wildman–Crippen MR) is 81.6 cm³/mol. The highest BCUT2D eigenvalue weighted by molar-refractivity contribution is 7.15. The number of aliphatic hydroxyl groups excluding tert-OH is 1. The highest BCUT2D eigenvalue weighted by atomic mass is 32.1. The lowest BCUT2D eigenvalue weighted by Gasteiger charge is -2.18. The van der Waals surface area contributed by atoms with Gasteiger partial charge in [0.25, 0.3) is 0 Å². The van der Waals surface area contributed by atoms with Crippen LogP contribution in [0.4, 0.5) is 0 Å². The van der Waals surface area contributed by atoms with Gasteiger partial charge in [0, 0.05) is 10.4 Å². The second-order valence-corrected chi connectivity index (χ2v) is 7.17. The number of aliphatic hydroxyl groups is 1. The minimum absolute atomic E-state index is 0.169. The molecular formula is C16H21NOS. The number of rotatable bonds is 2. The van der Waals surface area contributed by atoms with Crippen molar-refractivity contribution in [2.45, 2.75) is 46.1 Å². The van der Waals surface area contributed by atoms with Crippen molar-refractivity contribution in [2.75, 3.05) is 0 Å². The SMILES string of the molecule is Cc1sc(-c2ccc(C(C)(C)C)cc2)nc1C(C)O. The van der Waals surface area contributed by atoms with Crippen molar-refractivity contribution >= 4 is 11.3 Å². The van der Waals surface area contributed by atoms with E-state index >= 15 is 0 Å². The summed E-state index contributed by atoms with van der Waals surface area (Å²) in [5.41, 5.74) is 3.40. The largest absolute Gasteiger partial charge is 0.387 e. The van der Waals surface area contributed by atoms with E-state index in [1.165, 1.54) is 5.56 Å². The van der Waals surface area contributed by atoms with E-state index in [1.54, 1.807) is 18.3 Å². The van der Waals surface area contributed by atoms with E-state index in [1.807, 2.05) is 6.92 Å². The summed E-state index contributed by atoms with van der Waals surface area (Å²) in [7, 11) is 0. The van der Waals surface area contributed by atoms with E-state index in [-0.39, 0.29) is 5.41 Å². The maximum Gasteiger partial charge on any atom is 0.123 e. The molecule has 19 heavy (non-hydrogen) atoms. The molecule has 1 aromatic heterocycles. The van der Waals surface area contributed by atoms with Crippen molar-refractivity contribution in [1.82, 2.24) is 4.98 Å². The molecule has 0 aliphatic rings. The molecule has 1 heterocycles. The highest BCUT2D eigenvalue weighted by Gasteiger charge is 2.15. The summed E-state index contributed by atoms with van der Waals surface area (Å²) < 4.78 is 0. The summed E-state index contributed by atoms with van der Waals surface area (Å²) >= 11 is 1.64. The van der Waals surface area contributed by atoms with Crippen molar-refractivity contribution in [2.24, 2.45) is 0 Å². The molecule has 1 atom stereocenters. The Morgan fingerprint density at radius 1 is 1.16 bits per heavy atom. The lowest BCUT2D eigenvalue weighted by molar-refractivity contribution is 0.194. The molecule has 2 aromatic rings. The van der Waals surface area contributed by atoms with Crippen LogP contribution in [0.3, 0.4) is 0 Å². The lowest BCUT2D eigenvalue weighted by atomic mass is 9.87. The van der Waals surface area contributed by atoms with Crippen molar-refractivity contribution in [3.05, 3.63) is 40.4 Å². The first kappa shape index (κ1) is 14.2. The summed E-state index contributed by atoms with van der Waals surface area (Å²) in [5.74, 6) is 0. The van der Waals surface area contributed by atoms with Gasteiger partial charge in [-0.2, -0.15) is 0 Å². The van der Waals surface area contributed by atoms with Crippen LogP contribution in [-0.4, -0.2) is 10.1 Å². The standard InChI is InChI=1S/C16H21NOS/c1-10(18)14-11(2)19-15(17-14)12-6-8-13(9-7-12)16(3,4)5/h6-10,18H,1-5H3. The Morgan fingerprint density at radius 2 is 1.74 bits per heavy atom. The quantitative estimate of drug-likeness (QED) is 0.877. The highest BCUT2D eigenvalue weighted by Crippen LogP contribution is 2.32. The first-order chi connectivity index (χ1) is 8.79. The topological polar surface area (TPSA) is 33.1 Å². The molecule has 102 valence electrons. The number of aromatic nitrogens is 1. The van der Waals surface area contributed by atoms with Crippen LogP contribution in [0.25, 0.3) is 10.6 Å². The molecule has 0 saturated carbocycles. The van der Waals surface area contributed by atoms with Crippen LogP contribution < -0.4 is 0 Å². The zero-order chi connectivity index (χ0) is 14.2. The number of hydrogen-bond donors (Lipinski definition) is 1. The van der Waals surface area contributed by atoms with Gasteiger partial charge in [-0.3, -0.25) is 0 Å². The molecule has 0 spiro atoms. The molecule has 0 fully saturated rings. The first-order valence-corrected chi connectivity index (χ1v) is 7.37. The van der Waals surface area contributed by atoms with Crippen LogP contribution in [0, 0.1) is 6.92 Å². The average molecular weight is 275 g/mol. The normalized spacial score (nSPS) is 13.6. The van der Waals surface area contributed by atoms with Gasteiger partial charge in [-0.05, 0) is 24.8 Å². The van der Waals surface area contributed by atoms with Crippen LogP contribution in [-0.2, 0) is 5.41 Å². The molecule has 0 aliphatic carbocycles. The Kier molecular flexibility index (Phi) is 3.79. The molecule has 1 aromatic carbocycles. The van der Waals surface area contributed by atoms with Gasteiger partial charge in [0.2, 0.25) is 0 Å². The van der Waals surface area contributed by atoms with Gasteiger partial charge in [-0.25, -0.2) is 4.98 Å². The van der Waals surface area contributed by atoms with Gasteiger partial charge >= 0.3 is 0 Å². The van der Waals surface area contributed by atoms with E-state index < -0.39 is 6.10 Å². The monoisotopic (exact) mass is 275 g/mol. The Balaban J connectivity index is 2.35. The molecule has 1 unspecified atom stereocenters. The van der Waals surface area contributed by atoms with Gasteiger partial charge in [0.1, 0.15) is 5.01 Å². The van der Waals surface area contributed by atoms with Crippen molar-refractivity contribution in [1.29, 1.82) is 0 Å². The molecule has 0 radical (unpaired) electrons. The maximum atomic E-state index is 9.66. The minimum atomic E-state index is -0.501. The summed E-state index contributed by atoms with van der Waals surface area (Å²) in [6, 6.07) is 8.55. The molecule has 2 nitrogen and oxygen atoms in total. The van der Waals surface area contributed by atoms with E-state index in [0.29, 0.717) is 0 Å². The van der Waals surface area contributed by atoms with Crippen LogP contribution in [0.1, 0.15) is 49.9 Å². The number of aryl methyl sites for hydroxylation is 1.